The van der Waals surface area contributed by atoms with E-state index < -0.39 is 26.6 Å². The highest BCUT2D eigenvalue weighted by molar-refractivity contribution is 7.89. The van der Waals surface area contributed by atoms with Gasteiger partial charge in [0.15, 0.2) is 0 Å². The number of hydrogen-bond acceptors (Lipinski definition) is 3. The van der Waals surface area contributed by atoms with Gasteiger partial charge in [-0.2, -0.15) is 4.31 Å². The Kier molecular flexibility index (Phi) is 4.24. The standard InChI is InChI=1S/C14H14F2N2O2S/c1-18(9-10-2-5-12(17)6-3-10)21(19,20)14-8-11(15)4-7-13(14)16/h2-8H,9,17H2,1H3. The molecule has 4 nitrogen and oxygen atoms in total. The molecule has 0 aromatic heterocycles. The van der Waals surface area contributed by atoms with Crippen LogP contribution in [0.5, 0.6) is 0 Å². The lowest BCUT2D eigenvalue weighted by Gasteiger charge is -2.17. The zero-order valence-corrected chi connectivity index (χ0v) is 12.1. The molecule has 0 aliphatic carbocycles. The maximum absolute atomic E-state index is 13.6. The highest BCUT2D eigenvalue weighted by atomic mass is 32.2. The van der Waals surface area contributed by atoms with Crippen LogP contribution in [-0.4, -0.2) is 19.8 Å². The molecule has 0 fully saturated rings. The van der Waals surface area contributed by atoms with Crippen LogP contribution in [0.1, 0.15) is 5.56 Å². The Hall–Kier alpha value is -1.99. The zero-order valence-electron chi connectivity index (χ0n) is 11.3. The van der Waals surface area contributed by atoms with Gasteiger partial charge in [0.2, 0.25) is 10.0 Å². The van der Waals surface area contributed by atoms with Crippen LogP contribution in [0.15, 0.2) is 47.4 Å². The molecule has 2 aromatic rings. The molecule has 0 unspecified atom stereocenters. The van der Waals surface area contributed by atoms with E-state index in [0.717, 1.165) is 16.4 Å². The molecule has 0 aliphatic heterocycles. The SMILES string of the molecule is CN(Cc1ccc(N)cc1)S(=O)(=O)c1cc(F)ccc1F. The molecule has 0 heterocycles. The molecule has 2 rings (SSSR count). The van der Waals surface area contributed by atoms with Gasteiger partial charge in [-0.05, 0) is 35.9 Å². The molecule has 112 valence electrons. The third kappa shape index (κ3) is 3.37. The number of anilines is 1. The van der Waals surface area contributed by atoms with Crippen LogP contribution >= 0.6 is 0 Å². The second-order valence-corrected chi connectivity index (χ2v) is 6.59. The number of rotatable bonds is 4. The van der Waals surface area contributed by atoms with E-state index in [2.05, 4.69) is 0 Å². The number of benzene rings is 2. The third-order valence-electron chi connectivity index (χ3n) is 2.97. The molecule has 0 atom stereocenters. The van der Waals surface area contributed by atoms with E-state index in [1.807, 2.05) is 0 Å². The largest absolute Gasteiger partial charge is 0.399 e. The van der Waals surface area contributed by atoms with E-state index >= 15 is 0 Å². The first-order valence-electron chi connectivity index (χ1n) is 6.06. The van der Waals surface area contributed by atoms with Crippen LogP contribution in [-0.2, 0) is 16.6 Å². The molecule has 0 amide bonds. The lowest BCUT2D eigenvalue weighted by atomic mass is 10.2. The van der Waals surface area contributed by atoms with E-state index in [4.69, 9.17) is 5.73 Å². The van der Waals surface area contributed by atoms with Gasteiger partial charge in [0.1, 0.15) is 16.5 Å². The summed E-state index contributed by atoms with van der Waals surface area (Å²) in [4.78, 5) is -0.680. The van der Waals surface area contributed by atoms with Crippen molar-refractivity contribution in [1.82, 2.24) is 4.31 Å². The quantitative estimate of drug-likeness (QED) is 0.882. The van der Waals surface area contributed by atoms with Gasteiger partial charge in [-0.1, -0.05) is 12.1 Å². The minimum absolute atomic E-state index is 0.0264. The zero-order chi connectivity index (χ0) is 15.6. The smallest absolute Gasteiger partial charge is 0.246 e. The normalized spacial score (nSPS) is 11.8. The molecular weight excluding hydrogens is 298 g/mol. The van der Waals surface area contributed by atoms with Gasteiger partial charge in [-0.3, -0.25) is 0 Å². The summed E-state index contributed by atoms with van der Waals surface area (Å²) >= 11 is 0. The van der Waals surface area contributed by atoms with Crippen LogP contribution < -0.4 is 5.73 Å². The van der Waals surface area contributed by atoms with Crippen molar-refractivity contribution in [2.24, 2.45) is 0 Å². The Bertz CT molecular complexity index is 746. The Labute approximate surface area is 121 Å². The summed E-state index contributed by atoms with van der Waals surface area (Å²) in [5.74, 6) is -1.79. The Morgan fingerprint density at radius 2 is 1.71 bits per heavy atom. The van der Waals surface area contributed by atoms with Crippen molar-refractivity contribution in [2.45, 2.75) is 11.4 Å². The first kappa shape index (κ1) is 15.4. The van der Waals surface area contributed by atoms with E-state index in [-0.39, 0.29) is 6.54 Å². The number of nitrogens with zero attached hydrogens (tertiary/aromatic N) is 1. The van der Waals surface area contributed by atoms with E-state index in [9.17, 15) is 17.2 Å². The molecule has 2 N–H and O–H groups in total. The number of halogens is 2. The number of sulfonamides is 1. The van der Waals surface area contributed by atoms with E-state index in [0.29, 0.717) is 17.3 Å². The van der Waals surface area contributed by atoms with Gasteiger partial charge in [-0.15, -0.1) is 0 Å². The van der Waals surface area contributed by atoms with Crippen molar-refractivity contribution in [3.63, 3.8) is 0 Å². The van der Waals surface area contributed by atoms with Crippen molar-refractivity contribution in [1.29, 1.82) is 0 Å². The summed E-state index contributed by atoms with van der Waals surface area (Å²) in [6, 6.07) is 8.95. The molecular formula is C14H14F2N2O2S. The molecule has 21 heavy (non-hydrogen) atoms. The number of nitrogens with two attached hydrogens (primary N) is 1. The number of nitrogen functional groups attached to an aromatic ring is 1. The minimum atomic E-state index is -4.11. The van der Waals surface area contributed by atoms with Crippen LogP contribution in [0, 0.1) is 11.6 Å². The molecule has 0 bridgehead atoms. The minimum Gasteiger partial charge on any atom is -0.399 e. The monoisotopic (exact) mass is 312 g/mol. The second kappa shape index (κ2) is 5.79. The molecule has 0 radical (unpaired) electrons. The Morgan fingerprint density at radius 3 is 2.33 bits per heavy atom. The maximum atomic E-state index is 13.6. The summed E-state index contributed by atoms with van der Waals surface area (Å²) in [5.41, 5.74) is 6.79. The molecule has 0 saturated carbocycles. The molecule has 0 saturated heterocycles. The lowest BCUT2D eigenvalue weighted by molar-refractivity contribution is 0.458. The summed E-state index contributed by atoms with van der Waals surface area (Å²) in [5, 5.41) is 0. The predicted octanol–water partition coefficient (Wildman–Crippen LogP) is 2.37. The fourth-order valence-corrected chi connectivity index (χ4v) is 3.04. The van der Waals surface area contributed by atoms with Gasteiger partial charge in [0.05, 0.1) is 0 Å². The molecule has 7 heteroatoms. The highest BCUT2D eigenvalue weighted by Crippen LogP contribution is 2.21. The number of hydrogen-bond donors (Lipinski definition) is 1. The van der Waals surface area contributed by atoms with Crippen molar-refractivity contribution < 1.29 is 17.2 Å². The summed E-state index contributed by atoms with van der Waals surface area (Å²) in [6.45, 7) is 0.0264. The average molecular weight is 312 g/mol. The predicted molar refractivity (Wildman–Crippen MR) is 75.9 cm³/mol. The van der Waals surface area contributed by atoms with E-state index in [1.54, 1.807) is 24.3 Å². The maximum Gasteiger partial charge on any atom is 0.246 e. The first-order valence-corrected chi connectivity index (χ1v) is 7.50. The third-order valence-corrected chi connectivity index (χ3v) is 4.78. The van der Waals surface area contributed by atoms with Gasteiger partial charge >= 0.3 is 0 Å². The summed E-state index contributed by atoms with van der Waals surface area (Å²) < 4.78 is 52.3. The molecule has 2 aromatic carbocycles. The van der Waals surface area contributed by atoms with Crippen LogP contribution in [0.2, 0.25) is 0 Å². The van der Waals surface area contributed by atoms with Crippen LogP contribution in [0.25, 0.3) is 0 Å². The second-order valence-electron chi connectivity index (χ2n) is 4.58. The Morgan fingerprint density at radius 1 is 1.10 bits per heavy atom. The fraction of sp³-hybridized carbons (Fsp3) is 0.143. The van der Waals surface area contributed by atoms with Crippen LogP contribution in [0.4, 0.5) is 14.5 Å². The van der Waals surface area contributed by atoms with Gasteiger partial charge in [0.25, 0.3) is 0 Å². The molecule has 0 spiro atoms. The summed E-state index contributed by atoms with van der Waals surface area (Å²) in [7, 11) is -2.81. The van der Waals surface area contributed by atoms with Crippen LogP contribution in [0.3, 0.4) is 0 Å². The van der Waals surface area contributed by atoms with Gasteiger partial charge < -0.3 is 5.73 Å². The topological polar surface area (TPSA) is 63.4 Å². The van der Waals surface area contributed by atoms with E-state index in [1.165, 1.54) is 7.05 Å². The highest BCUT2D eigenvalue weighted by Gasteiger charge is 2.25. The van der Waals surface area contributed by atoms with Gasteiger partial charge in [0, 0.05) is 19.3 Å². The van der Waals surface area contributed by atoms with Crippen molar-refractivity contribution in [2.75, 3.05) is 12.8 Å². The van der Waals surface area contributed by atoms with Crippen molar-refractivity contribution in [3.05, 3.63) is 59.7 Å². The molecule has 0 aliphatic rings. The van der Waals surface area contributed by atoms with Gasteiger partial charge in [-0.25, -0.2) is 17.2 Å². The fourth-order valence-electron chi connectivity index (χ4n) is 1.81. The first-order chi connectivity index (χ1) is 9.80. The summed E-state index contributed by atoms with van der Waals surface area (Å²) in [6.07, 6.45) is 0. The average Bonchev–Trinajstić information content (AvgIpc) is 2.43. The van der Waals surface area contributed by atoms with Crippen molar-refractivity contribution in [3.8, 4) is 0 Å². The lowest BCUT2D eigenvalue weighted by Crippen LogP contribution is -2.27. The Balaban J connectivity index is 2.30. The van der Waals surface area contributed by atoms with Crippen molar-refractivity contribution >= 4 is 15.7 Å².